The Balaban J connectivity index is 2.19. The fraction of sp³-hybridized carbons (Fsp3) is 0.214. The van der Waals surface area contributed by atoms with Gasteiger partial charge in [0.1, 0.15) is 5.58 Å². The molecule has 0 aliphatic carbocycles. The number of benzene rings is 1. The first-order valence-electron chi connectivity index (χ1n) is 5.22. The van der Waals surface area contributed by atoms with Gasteiger partial charge in [0.15, 0.2) is 11.5 Å². The van der Waals surface area contributed by atoms with Crippen LogP contribution < -0.4 is 0 Å². The van der Waals surface area contributed by atoms with Gasteiger partial charge in [0, 0.05) is 18.2 Å². The van der Waals surface area contributed by atoms with Gasteiger partial charge in [-0.1, -0.05) is 18.2 Å². The molecule has 0 unspecified atom stereocenters. The molecule has 0 N–H and O–H groups in total. The molecule has 0 bridgehead atoms. The van der Waals surface area contributed by atoms with Gasteiger partial charge >= 0.3 is 0 Å². The molecule has 0 saturated carbocycles. The van der Waals surface area contributed by atoms with Crippen LogP contribution in [0.25, 0.3) is 11.0 Å². The van der Waals surface area contributed by atoms with E-state index < -0.39 is 0 Å². The maximum absolute atomic E-state index is 11.7. The number of hydrogen-bond acceptors (Lipinski definition) is 2. The summed E-state index contributed by atoms with van der Waals surface area (Å²) in [6.45, 7) is 1.77. The summed E-state index contributed by atoms with van der Waals surface area (Å²) in [6, 6.07) is 9.40. The van der Waals surface area contributed by atoms with E-state index in [4.69, 9.17) is 4.42 Å². The third-order valence-electron chi connectivity index (χ3n) is 2.35. The zero-order chi connectivity index (χ0) is 11.4. The molecule has 2 aromatic rings. The molecule has 0 fully saturated rings. The van der Waals surface area contributed by atoms with E-state index in [1.807, 2.05) is 24.3 Å². The smallest absolute Gasteiger partial charge is 0.198 e. The summed E-state index contributed by atoms with van der Waals surface area (Å²) in [5.41, 5.74) is 0.757. The molecule has 0 aliphatic rings. The molecular formula is C14H12O2. The number of furan rings is 1. The lowest BCUT2D eigenvalue weighted by Crippen LogP contribution is -1.95. The number of fused-ring (bicyclic) bond motifs is 1. The third kappa shape index (κ3) is 2.14. The van der Waals surface area contributed by atoms with Crippen LogP contribution in [0.1, 0.15) is 30.3 Å². The first-order chi connectivity index (χ1) is 7.81. The van der Waals surface area contributed by atoms with Crippen molar-refractivity contribution in [2.45, 2.75) is 19.8 Å². The van der Waals surface area contributed by atoms with E-state index in [-0.39, 0.29) is 5.78 Å². The molecule has 1 aromatic carbocycles. The fourth-order valence-electron chi connectivity index (χ4n) is 1.54. The highest BCUT2D eigenvalue weighted by Gasteiger charge is 2.10. The Morgan fingerprint density at radius 1 is 1.38 bits per heavy atom. The Labute approximate surface area is 94.3 Å². The molecule has 0 radical (unpaired) electrons. The summed E-state index contributed by atoms with van der Waals surface area (Å²) in [4.78, 5) is 11.7. The first kappa shape index (κ1) is 10.5. The molecule has 0 spiro atoms. The number of hydrogen-bond donors (Lipinski definition) is 0. The van der Waals surface area contributed by atoms with Crippen LogP contribution in [0, 0.1) is 11.8 Å². The molecule has 16 heavy (non-hydrogen) atoms. The van der Waals surface area contributed by atoms with Crippen molar-refractivity contribution < 1.29 is 9.21 Å². The van der Waals surface area contributed by atoms with Crippen LogP contribution in [0.15, 0.2) is 34.7 Å². The molecule has 2 rings (SSSR count). The second kappa shape index (κ2) is 4.67. The van der Waals surface area contributed by atoms with E-state index in [0.29, 0.717) is 18.6 Å². The third-order valence-corrected chi connectivity index (χ3v) is 2.35. The number of carbonyl (C=O) groups is 1. The van der Waals surface area contributed by atoms with Crippen molar-refractivity contribution >= 4 is 16.8 Å². The van der Waals surface area contributed by atoms with Crippen LogP contribution in [0.2, 0.25) is 0 Å². The summed E-state index contributed by atoms with van der Waals surface area (Å²) in [5, 5.41) is 0.965. The van der Waals surface area contributed by atoms with Crippen LogP contribution in [0.4, 0.5) is 0 Å². The van der Waals surface area contributed by atoms with Crippen LogP contribution >= 0.6 is 0 Å². The van der Waals surface area contributed by atoms with Crippen LogP contribution in [0.5, 0.6) is 0 Å². The molecule has 0 atom stereocenters. The van der Waals surface area contributed by atoms with E-state index >= 15 is 0 Å². The van der Waals surface area contributed by atoms with Gasteiger partial charge in [0.25, 0.3) is 0 Å². The Hall–Kier alpha value is -2.01. The lowest BCUT2D eigenvalue weighted by molar-refractivity contribution is 0.0959. The molecule has 0 saturated heterocycles. The van der Waals surface area contributed by atoms with Crippen molar-refractivity contribution in [2.24, 2.45) is 0 Å². The van der Waals surface area contributed by atoms with Gasteiger partial charge in [0.05, 0.1) is 0 Å². The summed E-state index contributed by atoms with van der Waals surface area (Å²) >= 11 is 0. The van der Waals surface area contributed by atoms with Crippen LogP contribution in [0.3, 0.4) is 0 Å². The number of ketones is 1. The molecule has 0 aliphatic heterocycles. The van der Waals surface area contributed by atoms with E-state index in [2.05, 4.69) is 11.8 Å². The standard InChI is InChI=1S/C14H12O2/c1-2-3-4-8-12(15)14-10-11-7-5-6-9-13(11)16-14/h5-7,9-10H,4,8H2,1H3. The Morgan fingerprint density at radius 2 is 2.19 bits per heavy atom. The number of para-hydroxylation sites is 1. The molecule has 1 aromatic heterocycles. The van der Waals surface area contributed by atoms with Crippen LogP contribution in [-0.2, 0) is 0 Å². The fourth-order valence-corrected chi connectivity index (χ4v) is 1.54. The number of Topliss-reactive ketones (excluding diaryl/α,β-unsaturated/α-hetero) is 1. The van der Waals surface area contributed by atoms with E-state index in [1.165, 1.54) is 0 Å². The first-order valence-corrected chi connectivity index (χ1v) is 5.22. The highest BCUT2D eigenvalue weighted by atomic mass is 16.3. The average Bonchev–Trinajstić information content (AvgIpc) is 2.73. The van der Waals surface area contributed by atoms with Gasteiger partial charge in [-0.2, -0.15) is 0 Å². The van der Waals surface area contributed by atoms with Gasteiger partial charge in [-0.05, 0) is 19.1 Å². The Morgan fingerprint density at radius 3 is 2.94 bits per heavy atom. The van der Waals surface area contributed by atoms with Crippen LogP contribution in [-0.4, -0.2) is 5.78 Å². The molecule has 80 valence electrons. The van der Waals surface area contributed by atoms with Gasteiger partial charge in [0.2, 0.25) is 0 Å². The largest absolute Gasteiger partial charge is 0.453 e. The van der Waals surface area contributed by atoms with Gasteiger partial charge in [-0.25, -0.2) is 0 Å². The average molecular weight is 212 g/mol. The number of carbonyl (C=O) groups excluding carboxylic acids is 1. The highest BCUT2D eigenvalue weighted by molar-refractivity contribution is 5.97. The molecule has 1 heterocycles. The van der Waals surface area contributed by atoms with Crippen molar-refractivity contribution in [3.8, 4) is 11.8 Å². The van der Waals surface area contributed by atoms with Crippen molar-refractivity contribution in [3.63, 3.8) is 0 Å². The zero-order valence-corrected chi connectivity index (χ0v) is 9.12. The van der Waals surface area contributed by atoms with E-state index in [0.717, 1.165) is 11.0 Å². The molecule has 2 nitrogen and oxygen atoms in total. The van der Waals surface area contributed by atoms with Gasteiger partial charge < -0.3 is 4.42 Å². The van der Waals surface area contributed by atoms with Crippen molar-refractivity contribution in [2.75, 3.05) is 0 Å². The summed E-state index contributed by atoms with van der Waals surface area (Å²) in [7, 11) is 0. The van der Waals surface area contributed by atoms with Crippen molar-refractivity contribution in [1.82, 2.24) is 0 Å². The Kier molecular flexibility index (Phi) is 3.07. The molecule has 0 amide bonds. The lowest BCUT2D eigenvalue weighted by Gasteiger charge is -1.91. The van der Waals surface area contributed by atoms with E-state index in [1.54, 1.807) is 13.0 Å². The Bertz CT molecular complexity index is 534. The predicted octanol–water partition coefficient (Wildman–Crippen LogP) is 3.42. The lowest BCUT2D eigenvalue weighted by atomic mass is 10.1. The summed E-state index contributed by atoms with van der Waals surface area (Å²) < 4.78 is 5.46. The predicted molar refractivity (Wildman–Crippen MR) is 63.2 cm³/mol. The monoisotopic (exact) mass is 212 g/mol. The maximum Gasteiger partial charge on any atom is 0.198 e. The van der Waals surface area contributed by atoms with E-state index in [9.17, 15) is 4.79 Å². The molecular weight excluding hydrogens is 200 g/mol. The van der Waals surface area contributed by atoms with Crippen molar-refractivity contribution in [1.29, 1.82) is 0 Å². The second-order valence-electron chi connectivity index (χ2n) is 3.50. The maximum atomic E-state index is 11.7. The minimum Gasteiger partial charge on any atom is -0.453 e. The highest BCUT2D eigenvalue weighted by Crippen LogP contribution is 2.19. The van der Waals surface area contributed by atoms with Crippen molar-refractivity contribution in [3.05, 3.63) is 36.1 Å². The second-order valence-corrected chi connectivity index (χ2v) is 3.50. The zero-order valence-electron chi connectivity index (χ0n) is 9.12. The van der Waals surface area contributed by atoms with Gasteiger partial charge in [-0.15, -0.1) is 11.8 Å². The minimum atomic E-state index is 0.0129. The summed E-state index contributed by atoms with van der Waals surface area (Å²) in [5.74, 6) is 6.08. The minimum absolute atomic E-state index is 0.0129. The number of rotatable bonds is 3. The summed E-state index contributed by atoms with van der Waals surface area (Å²) in [6.07, 6.45) is 1.01. The van der Waals surface area contributed by atoms with Gasteiger partial charge in [-0.3, -0.25) is 4.79 Å². The quantitative estimate of drug-likeness (QED) is 0.576. The topological polar surface area (TPSA) is 30.2 Å². The SMILES string of the molecule is CC#CCCC(=O)c1cc2ccccc2o1. The molecule has 2 heteroatoms. The normalized spacial score (nSPS) is 9.81.